The van der Waals surface area contributed by atoms with Crippen molar-refractivity contribution in [3.8, 4) is 11.5 Å². The van der Waals surface area contributed by atoms with Gasteiger partial charge in [-0.25, -0.2) is 0 Å². The molecule has 0 radical (unpaired) electrons. The minimum atomic E-state index is -0.339. The van der Waals surface area contributed by atoms with E-state index >= 15 is 0 Å². The van der Waals surface area contributed by atoms with E-state index in [9.17, 15) is 9.59 Å². The molecule has 0 atom stereocenters. The van der Waals surface area contributed by atoms with Gasteiger partial charge >= 0.3 is 0 Å². The summed E-state index contributed by atoms with van der Waals surface area (Å²) >= 11 is 0. The van der Waals surface area contributed by atoms with Crippen molar-refractivity contribution in [1.29, 1.82) is 0 Å². The van der Waals surface area contributed by atoms with Crippen molar-refractivity contribution in [2.24, 2.45) is 11.3 Å². The highest BCUT2D eigenvalue weighted by Crippen LogP contribution is 2.27. The van der Waals surface area contributed by atoms with Crippen LogP contribution in [0.4, 0.5) is 0 Å². The van der Waals surface area contributed by atoms with E-state index in [1.807, 2.05) is 25.7 Å². The smallest absolute Gasteiger partial charge is 0.251 e. The second-order valence-corrected chi connectivity index (χ2v) is 7.77. The molecule has 2 amide bonds. The molecular formula is C20H30N2O4. The van der Waals surface area contributed by atoms with Gasteiger partial charge in [-0.1, -0.05) is 20.8 Å². The van der Waals surface area contributed by atoms with Crippen molar-refractivity contribution in [1.82, 2.24) is 10.2 Å². The van der Waals surface area contributed by atoms with E-state index in [-0.39, 0.29) is 17.2 Å². The number of hydrogen-bond acceptors (Lipinski definition) is 4. The fourth-order valence-electron chi connectivity index (χ4n) is 3.13. The summed E-state index contributed by atoms with van der Waals surface area (Å²) in [4.78, 5) is 26.6. The lowest BCUT2D eigenvalue weighted by Crippen LogP contribution is -2.45. The summed E-state index contributed by atoms with van der Waals surface area (Å²) in [5, 5.41) is 2.99. The third-order valence-corrected chi connectivity index (χ3v) is 4.74. The lowest BCUT2D eigenvalue weighted by Gasteiger charge is -2.35. The van der Waals surface area contributed by atoms with Crippen molar-refractivity contribution in [3.05, 3.63) is 23.8 Å². The van der Waals surface area contributed by atoms with E-state index in [4.69, 9.17) is 9.47 Å². The van der Waals surface area contributed by atoms with Gasteiger partial charge in [0.25, 0.3) is 5.91 Å². The third-order valence-electron chi connectivity index (χ3n) is 4.74. The van der Waals surface area contributed by atoms with Gasteiger partial charge in [0, 0.05) is 30.6 Å². The number of piperidine rings is 1. The second kappa shape index (κ2) is 8.43. The first-order valence-electron chi connectivity index (χ1n) is 9.06. The quantitative estimate of drug-likeness (QED) is 0.874. The molecule has 0 spiro atoms. The molecule has 0 aliphatic carbocycles. The predicted molar refractivity (Wildman–Crippen MR) is 101 cm³/mol. The second-order valence-electron chi connectivity index (χ2n) is 7.77. The Balaban J connectivity index is 1.85. The van der Waals surface area contributed by atoms with Crippen LogP contribution in [0.3, 0.4) is 0 Å². The van der Waals surface area contributed by atoms with Crippen LogP contribution in [0.1, 0.15) is 44.0 Å². The average molecular weight is 362 g/mol. The molecule has 2 rings (SSSR count). The Labute approximate surface area is 155 Å². The maximum atomic E-state index is 12.4. The monoisotopic (exact) mass is 362 g/mol. The highest BCUT2D eigenvalue weighted by molar-refractivity contribution is 5.94. The van der Waals surface area contributed by atoms with Crippen LogP contribution in [-0.2, 0) is 4.79 Å². The Bertz CT molecular complexity index is 644. The first-order valence-corrected chi connectivity index (χ1v) is 9.06. The number of carbonyl (C=O) groups excluding carboxylic acids is 2. The fraction of sp³-hybridized carbons (Fsp3) is 0.600. The summed E-state index contributed by atoms with van der Waals surface area (Å²) < 4.78 is 10.4. The lowest BCUT2D eigenvalue weighted by atomic mass is 9.91. The summed E-state index contributed by atoms with van der Waals surface area (Å²) in [6.45, 7) is 7.98. The number of hydrogen-bond donors (Lipinski definition) is 1. The zero-order chi connectivity index (χ0) is 19.3. The van der Waals surface area contributed by atoms with Crippen LogP contribution in [0.2, 0.25) is 0 Å². The highest BCUT2D eigenvalue weighted by atomic mass is 16.5. The van der Waals surface area contributed by atoms with Gasteiger partial charge in [-0.05, 0) is 37.0 Å². The highest BCUT2D eigenvalue weighted by Gasteiger charge is 2.30. The number of amides is 2. The number of rotatable bonds is 5. The molecule has 1 heterocycles. The van der Waals surface area contributed by atoms with Crippen molar-refractivity contribution in [2.45, 2.75) is 33.6 Å². The van der Waals surface area contributed by atoms with Crippen molar-refractivity contribution < 1.29 is 19.1 Å². The predicted octanol–water partition coefficient (Wildman–Crippen LogP) is 2.72. The van der Waals surface area contributed by atoms with Crippen LogP contribution >= 0.6 is 0 Å². The summed E-state index contributed by atoms with van der Waals surface area (Å²) in [5.41, 5.74) is 0.206. The summed E-state index contributed by atoms with van der Waals surface area (Å²) in [5.74, 6) is 1.60. The summed E-state index contributed by atoms with van der Waals surface area (Å²) in [6.07, 6.45) is 1.82. The molecule has 1 aromatic rings. The van der Waals surface area contributed by atoms with Crippen LogP contribution in [0.15, 0.2) is 18.2 Å². The number of nitrogens with one attached hydrogen (secondary N) is 1. The van der Waals surface area contributed by atoms with Crippen molar-refractivity contribution >= 4 is 11.8 Å². The zero-order valence-electron chi connectivity index (χ0n) is 16.4. The van der Waals surface area contributed by atoms with Gasteiger partial charge in [0.2, 0.25) is 5.91 Å². The molecule has 0 bridgehead atoms. The van der Waals surface area contributed by atoms with Crippen molar-refractivity contribution in [2.75, 3.05) is 33.9 Å². The van der Waals surface area contributed by atoms with E-state index in [2.05, 4.69) is 5.32 Å². The zero-order valence-corrected chi connectivity index (χ0v) is 16.4. The first-order chi connectivity index (χ1) is 12.3. The van der Waals surface area contributed by atoms with E-state index in [1.54, 1.807) is 32.4 Å². The normalized spacial score (nSPS) is 15.5. The third kappa shape index (κ3) is 4.90. The molecule has 0 aromatic heterocycles. The topological polar surface area (TPSA) is 67.9 Å². The molecule has 1 fully saturated rings. The molecular weight excluding hydrogens is 332 g/mol. The SMILES string of the molecule is COc1ccc(C(=O)NCC2CCN(C(=O)C(C)(C)C)CC2)cc1OC. The molecule has 0 unspecified atom stereocenters. The molecule has 1 N–H and O–H groups in total. The van der Waals surface area contributed by atoms with Gasteiger partial charge < -0.3 is 19.7 Å². The molecule has 6 heteroatoms. The Morgan fingerprint density at radius 3 is 2.27 bits per heavy atom. The number of carbonyl (C=O) groups is 2. The number of methoxy groups -OCH3 is 2. The maximum Gasteiger partial charge on any atom is 0.251 e. The molecule has 26 heavy (non-hydrogen) atoms. The van der Waals surface area contributed by atoms with Gasteiger partial charge in [-0.3, -0.25) is 9.59 Å². The Kier molecular flexibility index (Phi) is 6.51. The molecule has 1 aliphatic heterocycles. The largest absolute Gasteiger partial charge is 0.493 e. The lowest BCUT2D eigenvalue weighted by molar-refractivity contribution is -0.140. The summed E-state index contributed by atoms with van der Waals surface area (Å²) in [6, 6.07) is 5.13. The number of ether oxygens (including phenoxy) is 2. The van der Waals surface area contributed by atoms with E-state index < -0.39 is 0 Å². The van der Waals surface area contributed by atoms with Gasteiger partial charge in [-0.15, -0.1) is 0 Å². The Hall–Kier alpha value is -2.24. The molecule has 0 saturated carbocycles. The van der Waals surface area contributed by atoms with Gasteiger partial charge in [0.05, 0.1) is 14.2 Å². The van der Waals surface area contributed by atoms with E-state index in [1.165, 1.54) is 0 Å². The molecule has 1 saturated heterocycles. The van der Waals surface area contributed by atoms with Crippen LogP contribution in [0.25, 0.3) is 0 Å². The van der Waals surface area contributed by atoms with Crippen LogP contribution in [-0.4, -0.2) is 50.6 Å². The average Bonchev–Trinajstić information content (AvgIpc) is 2.64. The summed E-state index contributed by atoms with van der Waals surface area (Å²) in [7, 11) is 3.11. The first kappa shape index (κ1) is 20.1. The molecule has 6 nitrogen and oxygen atoms in total. The van der Waals surface area contributed by atoms with E-state index in [0.717, 1.165) is 25.9 Å². The minimum Gasteiger partial charge on any atom is -0.493 e. The van der Waals surface area contributed by atoms with Crippen LogP contribution in [0.5, 0.6) is 11.5 Å². The minimum absolute atomic E-state index is 0.126. The molecule has 1 aromatic carbocycles. The molecule has 1 aliphatic rings. The standard InChI is InChI=1S/C20H30N2O4/c1-20(2,3)19(24)22-10-8-14(9-11-22)13-21-18(23)15-6-7-16(25-4)17(12-15)26-5/h6-7,12,14H,8-11,13H2,1-5H3,(H,21,23). The number of benzene rings is 1. The Morgan fingerprint density at radius 1 is 1.12 bits per heavy atom. The van der Waals surface area contributed by atoms with Gasteiger partial charge in [-0.2, -0.15) is 0 Å². The Morgan fingerprint density at radius 2 is 1.73 bits per heavy atom. The molecule has 144 valence electrons. The van der Waals surface area contributed by atoms with Gasteiger partial charge in [0.15, 0.2) is 11.5 Å². The van der Waals surface area contributed by atoms with Gasteiger partial charge in [0.1, 0.15) is 0 Å². The number of likely N-dealkylation sites (tertiary alicyclic amines) is 1. The number of nitrogens with zero attached hydrogens (tertiary/aromatic N) is 1. The van der Waals surface area contributed by atoms with Crippen LogP contribution in [0, 0.1) is 11.3 Å². The fourth-order valence-corrected chi connectivity index (χ4v) is 3.13. The maximum absolute atomic E-state index is 12.4. The van der Waals surface area contributed by atoms with Crippen LogP contribution < -0.4 is 14.8 Å². The van der Waals surface area contributed by atoms with Crippen molar-refractivity contribution in [3.63, 3.8) is 0 Å². The van der Waals surface area contributed by atoms with E-state index in [0.29, 0.717) is 29.5 Å².